The summed E-state index contributed by atoms with van der Waals surface area (Å²) in [5, 5.41) is 0.812. The molecule has 0 saturated carbocycles. The highest BCUT2D eigenvalue weighted by Crippen LogP contribution is 2.30. The second kappa shape index (κ2) is 6.67. The third-order valence-corrected chi connectivity index (χ3v) is 5.09. The summed E-state index contributed by atoms with van der Waals surface area (Å²) in [5.74, 6) is 0.663. The van der Waals surface area contributed by atoms with Gasteiger partial charge in [-0.05, 0) is 53.1 Å². The van der Waals surface area contributed by atoms with Gasteiger partial charge in [0.25, 0.3) is 0 Å². The lowest BCUT2D eigenvalue weighted by Crippen LogP contribution is -2.19. The Bertz CT molecular complexity index is 637. The van der Waals surface area contributed by atoms with E-state index >= 15 is 0 Å². The molecule has 23 heavy (non-hydrogen) atoms. The highest BCUT2D eigenvalue weighted by atomic mass is 35.5. The van der Waals surface area contributed by atoms with Crippen LogP contribution in [0.2, 0.25) is 5.02 Å². The first-order valence-electron chi connectivity index (χ1n) is 8.49. The summed E-state index contributed by atoms with van der Waals surface area (Å²) in [7, 11) is 0. The molecule has 1 aliphatic rings. The van der Waals surface area contributed by atoms with E-state index in [1.807, 2.05) is 12.1 Å². The Morgan fingerprint density at radius 1 is 1.00 bits per heavy atom. The van der Waals surface area contributed by atoms with Crippen LogP contribution in [-0.2, 0) is 12.0 Å². The summed E-state index contributed by atoms with van der Waals surface area (Å²) in [6.45, 7) is 10.2. The first-order chi connectivity index (χ1) is 10.9. The summed E-state index contributed by atoms with van der Waals surface area (Å²) < 4.78 is 0. The highest BCUT2D eigenvalue weighted by Gasteiger charge is 2.24. The van der Waals surface area contributed by atoms with Crippen LogP contribution in [0.25, 0.3) is 0 Å². The van der Waals surface area contributed by atoms with Crippen LogP contribution in [0.15, 0.2) is 48.5 Å². The van der Waals surface area contributed by atoms with E-state index < -0.39 is 0 Å². The van der Waals surface area contributed by atoms with Gasteiger partial charge in [-0.1, -0.05) is 68.8 Å². The van der Waals surface area contributed by atoms with Crippen LogP contribution in [0.5, 0.6) is 0 Å². The van der Waals surface area contributed by atoms with Crippen molar-refractivity contribution in [2.75, 3.05) is 13.1 Å². The molecule has 0 amide bonds. The lowest BCUT2D eigenvalue weighted by Gasteiger charge is -2.20. The number of hydrogen-bond acceptors (Lipinski definition) is 1. The van der Waals surface area contributed by atoms with Gasteiger partial charge < -0.3 is 0 Å². The Labute approximate surface area is 145 Å². The van der Waals surface area contributed by atoms with Crippen LogP contribution in [-0.4, -0.2) is 18.0 Å². The molecule has 1 nitrogen and oxygen atoms in total. The SMILES string of the molecule is CC(C)(C)c1ccc(C2CCN(Cc3ccc(Cl)cc3)C2)cc1. The summed E-state index contributed by atoms with van der Waals surface area (Å²) in [4.78, 5) is 2.55. The molecule has 0 aliphatic carbocycles. The van der Waals surface area contributed by atoms with Crippen molar-refractivity contribution in [3.05, 3.63) is 70.2 Å². The molecule has 0 radical (unpaired) electrons. The Kier molecular flexibility index (Phi) is 4.79. The molecule has 0 N–H and O–H groups in total. The molecule has 1 unspecified atom stereocenters. The molecule has 0 aromatic heterocycles. The normalized spacial score (nSPS) is 19.2. The van der Waals surface area contributed by atoms with Crippen molar-refractivity contribution in [3.8, 4) is 0 Å². The van der Waals surface area contributed by atoms with Crippen molar-refractivity contribution in [3.63, 3.8) is 0 Å². The zero-order valence-corrected chi connectivity index (χ0v) is 15.1. The minimum Gasteiger partial charge on any atom is -0.298 e. The van der Waals surface area contributed by atoms with Crippen LogP contribution < -0.4 is 0 Å². The molecule has 2 aromatic rings. The third kappa shape index (κ3) is 4.16. The van der Waals surface area contributed by atoms with Crippen molar-refractivity contribution >= 4 is 11.6 Å². The molecular weight excluding hydrogens is 302 g/mol. The highest BCUT2D eigenvalue weighted by molar-refractivity contribution is 6.30. The standard InChI is InChI=1S/C21H26ClN/c1-21(2,3)19-8-6-17(7-9-19)18-12-13-23(15-18)14-16-4-10-20(22)11-5-16/h4-11,18H,12-15H2,1-3H3. The van der Waals surface area contributed by atoms with Gasteiger partial charge in [-0.3, -0.25) is 4.90 Å². The average Bonchev–Trinajstić information content (AvgIpc) is 2.97. The number of likely N-dealkylation sites (tertiary alicyclic amines) is 1. The molecule has 1 atom stereocenters. The molecular formula is C21H26ClN. The minimum atomic E-state index is 0.231. The van der Waals surface area contributed by atoms with Gasteiger partial charge in [0.1, 0.15) is 0 Å². The molecule has 1 aliphatic heterocycles. The van der Waals surface area contributed by atoms with Gasteiger partial charge in [0.15, 0.2) is 0 Å². The van der Waals surface area contributed by atoms with Crippen LogP contribution in [0.4, 0.5) is 0 Å². The Balaban J connectivity index is 1.62. The smallest absolute Gasteiger partial charge is 0.0406 e. The molecule has 3 rings (SSSR count). The minimum absolute atomic E-state index is 0.231. The molecule has 2 aromatic carbocycles. The zero-order valence-electron chi connectivity index (χ0n) is 14.3. The molecule has 1 saturated heterocycles. The molecule has 0 bridgehead atoms. The van der Waals surface area contributed by atoms with E-state index in [0.29, 0.717) is 5.92 Å². The third-order valence-electron chi connectivity index (χ3n) is 4.84. The second-order valence-corrected chi connectivity index (χ2v) is 8.16. The van der Waals surface area contributed by atoms with Gasteiger partial charge in [-0.25, -0.2) is 0 Å². The van der Waals surface area contributed by atoms with E-state index in [0.717, 1.165) is 18.1 Å². The molecule has 122 valence electrons. The van der Waals surface area contributed by atoms with Crippen molar-refractivity contribution in [1.29, 1.82) is 0 Å². The predicted octanol–water partition coefficient (Wildman–Crippen LogP) is 5.63. The van der Waals surface area contributed by atoms with E-state index in [4.69, 9.17) is 11.6 Å². The largest absolute Gasteiger partial charge is 0.298 e. The summed E-state index contributed by atoms with van der Waals surface area (Å²) >= 11 is 5.96. The predicted molar refractivity (Wildman–Crippen MR) is 99.2 cm³/mol. The van der Waals surface area contributed by atoms with Crippen LogP contribution in [0.3, 0.4) is 0 Å². The fourth-order valence-electron chi connectivity index (χ4n) is 3.35. The molecule has 2 heteroatoms. The molecule has 1 heterocycles. The monoisotopic (exact) mass is 327 g/mol. The van der Waals surface area contributed by atoms with E-state index in [1.54, 1.807) is 0 Å². The lowest BCUT2D eigenvalue weighted by atomic mass is 9.85. The maximum atomic E-state index is 5.96. The summed E-state index contributed by atoms with van der Waals surface area (Å²) in [6.07, 6.45) is 1.25. The van der Waals surface area contributed by atoms with Crippen molar-refractivity contribution in [2.24, 2.45) is 0 Å². The van der Waals surface area contributed by atoms with Crippen LogP contribution in [0, 0.1) is 0 Å². The number of benzene rings is 2. The maximum Gasteiger partial charge on any atom is 0.0406 e. The molecule has 1 fully saturated rings. The maximum absolute atomic E-state index is 5.96. The van der Waals surface area contributed by atoms with Crippen LogP contribution >= 0.6 is 11.6 Å². The van der Waals surface area contributed by atoms with E-state index in [9.17, 15) is 0 Å². The van der Waals surface area contributed by atoms with E-state index in [2.05, 4.69) is 62.1 Å². The number of nitrogens with zero attached hydrogens (tertiary/aromatic N) is 1. The molecule has 0 spiro atoms. The van der Waals surface area contributed by atoms with Crippen molar-refractivity contribution in [1.82, 2.24) is 4.90 Å². The van der Waals surface area contributed by atoms with Gasteiger partial charge in [0.2, 0.25) is 0 Å². The Morgan fingerprint density at radius 3 is 2.26 bits per heavy atom. The topological polar surface area (TPSA) is 3.24 Å². The van der Waals surface area contributed by atoms with Gasteiger partial charge in [0.05, 0.1) is 0 Å². The zero-order chi connectivity index (χ0) is 16.4. The number of hydrogen-bond donors (Lipinski definition) is 0. The van der Waals surface area contributed by atoms with Crippen molar-refractivity contribution < 1.29 is 0 Å². The summed E-state index contributed by atoms with van der Waals surface area (Å²) in [5.41, 5.74) is 4.47. The van der Waals surface area contributed by atoms with E-state index in [-0.39, 0.29) is 5.41 Å². The number of halogens is 1. The fourth-order valence-corrected chi connectivity index (χ4v) is 3.48. The van der Waals surface area contributed by atoms with Gasteiger partial charge in [0, 0.05) is 18.1 Å². The van der Waals surface area contributed by atoms with Crippen molar-refractivity contribution in [2.45, 2.75) is 45.1 Å². The Morgan fingerprint density at radius 2 is 1.65 bits per heavy atom. The Hall–Kier alpha value is -1.31. The first kappa shape index (κ1) is 16.5. The van der Waals surface area contributed by atoms with Gasteiger partial charge in [-0.15, -0.1) is 0 Å². The lowest BCUT2D eigenvalue weighted by molar-refractivity contribution is 0.327. The summed E-state index contributed by atoms with van der Waals surface area (Å²) in [6, 6.07) is 17.5. The number of rotatable bonds is 3. The van der Waals surface area contributed by atoms with Gasteiger partial charge in [-0.2, -0.15) is 0 Å². The first-order valence-corrected chi connectivity index (χ1v) is 8.87. The average molecular weight is 328 g/mol. The van der Waals surface area contributed by atoms with Crippen LogP contribution in [0.1, 0.15) is 49.8 Å². The second-order valence-electron chi connectivity index (χ2n) is 7.72. The fraction of sp³-hybridized carbons (Fsp3) is 0.429. The quantitative estimate of drug-likeness (QED) is 0.706. The van der Waals surface area contributed by atoms with Gasteiger partial charge >= 0.3 is 0 Å². The van der Waals surface area contributed by atoms with E-state index in [1.165, 1.54) is 29.7 Å².